The fourth-order valence-corrected chi connectivity index (χ4v) is 3.01. The zero-order chi connectivity index (χ0) is 18.6. The van der Waals surface area contributed by atoms with Crippen molar-refractivity contribution >= 4 is 22.8 Å². The van der Waals surface area contributed by atoms with Gasteiger partial charge in [-0.05, 0) is 37.0 Å². The Morgan fingerprint density at radius 1 is 1.24 bits per heavy atom. The molecule has 2 rings (SSSR count). The third kappa shape index (κ3) is 4.16. The number of carbonyl (C=O) groups excluding carboxylic acids is 2. The highest BCUT2D eigenvalue weighted by Gasteiger charge is 2.27. The van der Waals surface area contributed by atoms with E-state index in [1.165, 1.54) is 7.11 Å². The van der Waals surface area contributed by atoms with Crippen molar-refractivity contribution in [2.45, 2.75) is 46.6 Å². The molecule has 0 saturated carbocycles. The normalized spacial score (nSPS) is 13.3. The lowest BCUT2D eigenvalue weighted by Crippen LogP contribution is -2.46. The summed E-state index contributed by atoms with van der Waals surface area (Å²) >= 11 is 0. The molecule has 1 aromatic carbocycles. The van der Waals surface area contributed by atoms with Crippen LogP contribution in [0.25, 0.3) is 10.9 Å². The molecule has 0 spiro atoms. The van der Waals surface area contributed by atoms with E-state index in [1.54, 1.807) is 0 Å². The molecule has 0 radical (unpaired) electrons. The number of para-hydroxylation sites is 1. The summed E-state index contributed by atoms with van der Waals surface area (Å²) in [6.07, 6.45) is 0.967. The first-order chi connectivity index (χ1) is 11.9. The van der Waals surface area contributed by atoms with Crippen LogP contribution in [-0.2, 0) is 20.7 Å². The summed E-state index contributed by atoms with van der Waals surface area (Å²) in [6.45, 7) is 7.82. The number of pyridine rings is 1. The molecular formula is C20H26N2O3. The summed E-state index contributed by atoms with van der Waals surface area (Å²) in [4.78, 5) is 29.1. The summed E-state index contributed by atoms with van der Waals surface area (Å²) in [5, 5.41) is 3.87. The van der Waals surface area contributed by atoms with Crippen LogP contribution in [0, 0.1) is 19.8 Å². The van der Waals surface area contributed by atoms with Gasteiger partial charge in [-0.2, -0.15) is 0 Å². The van der Waals surface area contributed by atoms with Crippen molar-refractivity contribution in [3.05, 3.63) is 41.1 Å². The Balaban J connectivity index is 2.25. The van der Waals surface area contributed by atoms with E-state index in [-0.39, 0.29) is 18.2 Å². The van der Waals surface area contributed by atoms with E-state index < -0.39 is 12.0 Å². The zero-order valence-electron chi connectivity index (χ0n) is 15.6. The lowest BCUT2D eigenvalue weighted by atomic mass is 9.97. The van der Waals surface area contributed by atoms with Crippen LogP contribution in [0.15, 0.2) is 24.3 Å². The van der Waals surface area contributed by atoms with Gasteiger partial charge in [-0.3, -0.25) is 9.78 Å². The number of ether oxygens (including phenoxy) is 1. The SMILES string of the molecule is CCC(C)C(NC(=O)Cc1c(C)nc2ccccc2c1C)C(=O)OC. The van der Waals surface area contributed by atoms with E-state index in [0.717, 1.165) is 34.1 Å². The third-order valence-corrected chi connectivity index (χ3v) is 4.81. The van der Waals surface area contributed by atoms with E-state index in [9.17, 15) is 9.59 Å². The molecule has 0 aliphatic carbocycles. The number of rotatable bonds is 6. The van der Waals surface area contributed by atoms with Crippen molar-refractivity contribution < 1.29 is 14.3 Å². The fraction of sp³-hybridized carbons (Fsp3) is 0.450. The molecule has 0 aliphatic heterocycles. The molecule has 134 valence electrons. The average molecular weight is 342 g/mol. The predicted molar refractivity (Wildman–Crippen MR) is 98.3 cm³/mol. The number of methoxy groups -OCH3 is 1. The first-order valence-corrected chi connectivity index (χ1v) is 8.61. The van der Waals surface area contributed by atoms with Gasteiger partial charge >= 0.3 is 5.97 Å². The van der Waals surface area contributed by atoms with Crippen molar-refractivity contribution in [2.75, 3.05) is 7.11 Å². The maximum atomic E-state index is 12.6. The summed E-state index contributed by atoms with van der Waals surface area (Å²) in [5.41, 5.74) is 3.72. The Hall–Kier alpha value is -2.43. The predicted octanol–water partition coefficient (Wildman–Crippen LogP) is 3.10. The molecule has 0 fully saturated rings. The summed E-state index contributed by atoms with van der Waals surface area (Å²) in [7, 11) is 1.34. The molecule has 2 unspecified atom stereocenters. The Morgan fingerprint density at radius 2 is 1.92 bits per heavy atom. The van der Waals surface area contributed by atoms with Gasteiger partial charge in [-0.1, -0.05) is 38.5 Å². The first kappa shape index (κ1) is 18.9. The van der Waals surface area contributed by atoms with Gasteiger partial charge in [0.05, 0.1) is 19.0 Å². The summed E-state index contributed by atoms with van der Waals surface area (Å²) in [5.74, 6) is -0.597. The number of esters is 1. The molecular weight excluding hydrogens is 316 g/mol. The smallest absolute Gasteiger partial charge is 0.328 e. The van der Waals surface area contributed by atoms with Crippen LogP contribution in [0.5, 0.6) is 0 Å². The average Bonchev–Trinajstić information content (AvgIpc) is 2.61. The van der Waals surface area contributed by atoms with Crippen LogP contribution < -0.4 is 5.32 Å². The Bertz CT molecular complexity index is 786. The number of aryl methyl sites for hydroxylation is 2. The van der Waals surface area contributed by atoms with Gasteiger partial charge in [0.25, 0.3) is 0 Å². The van der Waals surface area contributed by atoms with Gasteiger partial charge in [0.2, 0.25) is 5.91 Å². The number of carbonyl (C=O) groups is 2. The molecule has 5 heteroatoms. The topological polar surface area (TPSA) is 68.3 Å². The van der Waals surface area contributed by atoms with Crippen LogP contribution in [0.2, 0.25) is 0 Å². The maximum Gasteiger partial charge on any atom is 0.328 e. The second-order valence-electron chi connectivity index (χ2n) is 6.45. The van der Waals surface area contributed by atoms with Crippen LogP contribution in [0.3, 0.4) is 0 Å². The molecule has 2 atom stereocenters. The van der Waals surface area contributed by atoms with Crippen molar-refractivity contribution in [2.24, 2.45) is 5.92 Å². The standard InChI is InChI=1S/C20H26N2O3/c1-6-12(2)19(20(24)25-5)22-18(23)11-16-13(3)15-9-7-8-10-17(15)21-14(16)4/h7-10,12,19H,6,11H2,1-5H3,(H,22,23). The molecule has 1 aromatic heterocycles. The number of benzene rings is 1. The highest BCUT2D eigenvalue weighted by atomic mass is 16.5. The van der Waals surface area contributed by atoms with Crippen molar-refractivity contribution in [3.8, 4) is 0 Å². The minimum absolute atomic E-state index is 0.00771. The molecule has 1 N–H and O–H groups in total. The maximum absolute atomic E-state index is 12.6. The lowest BCUT2D eigenvalue weighted by molar-refractivity contribution is -0.146. The van der Waals surface area contributed by atoms with Crippen LogP contribution in [0.1, 0.15) is 37.1 Å². The number of aromatic nitrogens is 1. The van der Waals surface area contributed by atoms with Crippen molar-refractivity contribution in [3.63, 3.8) is 0 Å². The number of nitrogens with one attached hydrogen (secondary N) is 1. The van der Waals surface area contributed by atoms with Crippen molar-refractivity contribution in [1.82, 2.24) is 10.3 Å². The summed E-state index contributed by atoms with van der Waals surface area (Å²) < 4.78 is 4.83. The number of hydrogen-bond acceptors (Lipinski definition) is 4. The zero-order valence-corrected chi connectivity index (χ0v) is 15.6. The summed E-state index contributed by atoms with van der Waals surface area (Å²) in [6, 6.07) is 7.27. The highest BCUT2D eigenvalue weighted by Crippen LogP contribution is 2.23. The minimum Gasteiger partial charge on any atom is -0.467 e. The third-order valence-electron chi connectivity index (χ3n) is 4.81. The highest BCUT2D eigenvalue weighted by molar-refractivity contribution is 5.88. The number of fused-ring (bicyclic) bond motifs is 1. The van der Waals surface area contributed by atoms with E-state index in [4.69, 9.17) is 4.74 Å². The monoisotopic (exact) mass is 342 g/mol. The lowest BCUT2D eigenvalue weighted by Gasteiger charge is -2.22. The Kier molecular flexibility index (Phi) is 6.12. The molecule has 1 amide bonds. The molecule has 0 bridgehead atoms. The van der Waals surface area contributed by atoms with E-state index in [2.05, 4.69) is 10.3 Å². The molecule has 0 aliphatic rings. The Morgan fingerprint density at radius 3 is 2.56 bits per heavy atom. The number of nitrogens with zero attached hydrogens (tertiary/aromatic N) is 1. The first-order valence-electron chi connectivity index (χ1n) is 8.61. The largest absolute Gasteiger partial charge is 0.467 e. The minimum atomic E-state index is -0.628. The van der Waals surface area contributed by atoms with E-state index >= 15 is 0 Å². The van der Waals surface area contributed by atoms with Crippen LogP contribution in [-0.4, -0.2) is 30.0 Å². The molecule has 0 saturated heterocycles. The van der Waals surface area contributed by atoms with Gasteiger partial charge in [-0.15, -0.1) is 0 Å². The van der Waals surface area contributed by atoms with Crippen LogP contribution >= 0.6 is 0 Å². The molecule has 25 heavy (non-hydrogen) atoms. The van der Waals surface area contributed by atoms with E-state index in [0.29, 0.717) is 0 Å². The molecule has 1 heterocycles. The molecule has 5 nitrogen and oxygen atoms in total. The van der Waals surface area contributed by atoms with Gasteiger partial charge in [-0.25, -0.2) is 4.79 Å². The van der Waals surface area contributed by atoms with Gasteiger partial charge in [0.1, 0.15) is 6.04 Å². The van der Waals surface area contributed by atoms with E-state index in [1.807, 2.05) is 52.0 Å². The number of amides is 1. The fourth-order valence-electron chi connectivity index (χ4n) is 3.01. The van der Waals surface area contributed by atoms with Crippen LogP contribution in [0.4, 0.5) is 0 Å². The second-order valence-corrected chi connectivity index (χ2v) is 6.45. The quantitative estimate of drug-likeness (QED) is 0.819. The van der Waals surface area contributed by atoms with Gasteiger partial charge in [0.15, 0.2) is 0 Å². The van der Waals surface area contributed by atoms with Gasteiger partial charge in [0, 0.05) is 11.1 Å². The van der Waals surface area contributed by atoms with Crippen molar-refractivity contribution in [1.29, 1.82) is 0 Å². The molecule has 2 aromatic rings. The second kappa shape index (κ2) is 8.10. The Labute approximate surface area is 148 Å². The number of hydrogen-bond donors (Lipinski definition) is 1. The van der Waals surface area contributed by atoms with Gasteiger partial charge < -0.3 is 10.1 Å².